The van der Waals surface area contributed by atoms with E-state index in [4.69, 9.17) is 4.52 Å². The maximum absolute atomic E-state index is 12.5. The van der Waals surface area contributed by atoms with E-state index >= 15 is 0 Å². The Morgan fingerprint density at radius 3 is 2.85 bits per heavy atom. The Hall–Kier alpha value is -1.61. The number of halogens is 1. The molecule has 2 N–H and O–H groups in total. The number of rotatable bonds is 8. The number of hydrogen-bond acceptors (Lipinski definition) is 7. The number of thioether (sulfide) groups is 1. The first-order chi connectivity index (χ1) is 12.7. The van der Waals surface area contributed by atoms with Crippen LogP contribution in [-0.4, -0.2) is 60.2 Å². The fourth-order valence-electron chi connectivity index (χ4n) is 2.85. The zero-order chi connectivity index (χ0) is 18.2. The molecule has 1 amide bonds. The number of piperazine rings is 1. The molecule has 1 aliphatic rings. The molecule has 1 fully saturated rings. The summed E-state index contributed by atoms with van der Waals surface area (Å²) in [5.41, 5.74) is 0.691. The van der Waals surface area contributed by atoms with E-state index in [2.05, 4.69) is 25.7 Å². The lowest BCUT2D eigenvalue weighted by atomic mass is 10.2. The number of amides is 1. The van der Waals surface area contributed by atoms with Gasteiger partial charge in [-0.3, -0.25) is 4.79 Å². The van der Waals surface area contributed by atoms with Crippen molar-refractivity contribution >= 4 is 30.1 Å². The summed E-state index contributed by atoms with van der Waals surface area (Å²) < 4.78 is 5.13. The van der Waals surface area contributed by atoms with E-state index < -0.39 is 0 Å². The molecule has 0 atom stereocenters. The van der Waals surface area contributed by atoms with Crippen molar-refractivity contribution in [3.8, 4) is 0 Å². The molecule has 3 rings (SSSR count). The molecule has 9 heteroatoms. The summed E-state index contributed by atoms with van der Waals surface area (Å²) in [6.07, 6.45) is 0.961. The highest BCUT2D eigenvalue weighted by atomic mass is 35.5. The Kier molecular flexibility index (Phi) is 9.06. The van der Waals surface area contributed by atoms with Gasteiger partial charge in [0.15, 0.2) is 5.82 Å². The predicted octanol–water partition coefficient (Wildman–Crippen LogP) is 2.12. The molecule has 1 saturated heterocycles. The average molecular weight is 412 g/mol. The van der Waals surface area contributed by atoms with Crippen molar-refractivity contribution in [2.45, 2.75) is 24.0 Å². The number of hydrogen-bond donors (Lipinski definition) is 2. The van der Waals surface area contributed by atoms with E-state index in [0.717, 1.165) is 44.0 Å². The monoisotopic (exact) mass is 411 g/mol. The van der Waals surface area contributed by atoms with Gasteiger partial charge < -0.3 is 20.1 Å². The number of aromatic nitrogens is 2. The Bertz CT molecular complexity index is 721. The SMILES string of the molecule is Cc1noc(CSc2ccccc2C(=O)NCCCN2CCNCC2)n1.Cl. The molecule has 0 unspecified atom stereocenters. The minimum Gasteiger partial charge on any atom is -0.352 e. The molecule has 148 valence electrons. The first kappa shape index (κ1) is 21.7. The molecule has 1 aromatic carbocycles. The summed E-state index contributed by atoms with van der Waals surface area (Å²) in [7, 11) is 0. The summed E-state index contributed by atoms with van der Waals surface area (Å²) in [5.74, 6) is 1.71. The normalized spacial score (nSPS) is 14.6. The third kappa shape index (κ3) is 6.80. The Morgan fingerprint density at radius 2 is 2.11 bits per heavy atom. The van der Waals surface area contributed by atoms with Crippen LogP contribution in [0.2, 0.25) is 0 Å². The molecule has 0 radical (unpaired) electrons. The van der Waals surface area contributed by atoms with Gasteiger partial charge in [0.25, 0.3) is 5.91 Å². The van der Waals surface area contributed by atoms with Crippen molar-refractivity contribution in [1.82, 2.24) is 25.7 Å². The largest absolute Gasteiger partial charge is 0.352 e. The lowest BCUT2D eigenvalue weighted by Crippen LogP contribution is -2.44. The second-order valence-corrected chi connectivity index (χ2v) is 7.24. The lowest BCUT2D eigenvalue weighted by Gasteiger charge is -2.27. The molecule has 0 spiro atoms. The molecule has 7 nitrogen and oxygen atoms in total. The van der Waals surface area contributed by atoms with Crippen LogP contribution in [0, 0.1) is 6.92 Å². The highest BCUT2D eigenvalue weighted by molar-refractivity contribution is 7.98. The summed E-state index contributed by atoms with van der Waals surface area (Å²) in [5, 5.41) is 10.2. The molecule has 1 aliphatic heterocycles. The molecule has 0 aliphatic carbocycles. The maximum Gasteiger partial charge on any atom is 0.252 e. The smallest absolute Gasteiger partial charge is 0.252 e. The Balaban J connectivity index is 0.00000261. The second kappa shape index (κ2) is 11.3. The first-order valence-corrected chi connectivity index (χ1v) is 9.93. The van der Waals surface area contributed by atoms with Crippen LogP contribution in [0.3, 0.4) is 0 Å². The minimum atomic E-state index is -0.0323. The molecule has 1 aromatic heterocycles. The van der Waals surface area contributed by atoms with Crippen LogP contribution < -0.4 is 10.6 Å². The Morgan fingerprint density at radius 1 is 1.33 bits per heavy atom. The van der Waals surface area contributed by atoms with Gasteiger partial charge in [-0.05, 0) is 32.0 Å². The topological polar surface area (TPSA) is 83.3 Å². The number of aryl methyl sites for hydroxylation is 1. The zero-order valence-corrected chi connectivity index (χ0v) is 17.1. The van der Waals surface area contributed by atoms with E-state index in [9.17, 15) is 4.79 Å². The van der Waals surface area contributed by atoms with E-state index in [1.165, 1.54) is 11.8 Å². The number of nitrogens with zero attached hydrogens (tertiary/aromatic N) is 3. The van der Waals surface area contributed by atoms with E-state index in [-0.39, 0.29) is 18.3 Å². The summed E-state index contributed by atoms with van der Waals surface area (Å²) >= 11 is 1.53. The molecular formula is C18H26ClN5O2S. The highest BCUT2D eigenvalue weighted by Crippen LogP contribution is 2.25. The third-order valence-electron chi connectivity index (χ3n) is 4.20. The quantitative estimate of drug-likeness (QED) is 0.508. The summed E-state index contributed by atoms with van der Waals surface area (Å²) in [6.45, 7) is 7.77. The van der Waals surface area contributed by atoms with Crippen LogP contribution in [0.5, 0.6) is 0 Å². The van der Waals surface area contributed by atoms with Gasteiger partial charge in [-0.2, -0.15) is 4.98 Å². The van der Waals surface area contributed by atoms with Crippen LogP contribution >= 0.6 is 24.2 Å². The molecule has 0 bridgehead atoms. The van der Waals surface area contributed by atoms with Gasteiger partial charge in [0.1, 0.15) is 0 Å². The Labute approximate surface area is 170 Å². The van der Waals surface area contributed by atoms with Crippen molar-refractivity contribution in [3.63, 3.8) is 0 Å². The van der Waals surface area contributed by atoms with Crippen LogP contribution in [-0.2, 0) is 5.75 Å². The number of benzene rings is 1. The fourth-order valence-corrected chi connectivity index (χ4v) is 3.74. The van der Waals surface area contributed by atoms with Gasteiger partial charge in [0, 0.05) is 37.6 Å². The maximum atomic E-state index is 12.5. The summed E-state index contributed by atoms with van der Waals surface area (Å²) in [4.78, 5) is 20.1. The first-order valence-electron chi connectivity index (χ1n) is 8.94. The van der Waals surface area contributed by atoms with E-state index in [0.29, 0.717) is 29.6 Å². The van der Waals surface area contributed by atoms with Crippen molar-refractivity contribution in [1.29, 1.82) is 0 Å². The van der Waals surface area contributed by atoms with Crippen LogP contribution in [0.25, 0.3) is 0 Å². The molecule has 27 heavy (non-hydrogen) atoms. The van der Waals surface area contributed by atoms with Gasteiger partial charge >= 0.3 is 0 Å². The van der Waals surface area contributed by atoms with E-state index in [1.807, 2.05) is 24.3 Å². The molecular weight excluding hydrogens is 386 g/mol. The van der Waals surface area contributed by atoms with Crippen molar-refractivity contribution in [3.05, 3.63) is 41.5 Å². The predicted molar refractivity (Wildman–Crippen MR) is 109 cm³/mol. The lowest BCUT2D eigenvalue weighted by molar-refractivity contribution is 0.0948. The van der Waals surface area contributed by atoms with Crippen molar-refractivity contribution < 1.29 is 9.32 Å². The van der Waals surface area contributed by atoms with Crippen molar-refractivity contribution in [2.24, 2.45) is 0 Å². The second-order valence-electron chi connectivity index (χ2n) is 6.22. The zero-order valence-electron chi connectivity index (χ0n) is 15.4. The standard InChI is InChI=1S/C18H25N5O2S.ClH/c1-14-21-17(25-22-14)13-26-16-6-3-2-5-15(16)18(24)20-7-4-10-23-11-8-19-9-12-23;/h2-3,5-6,19H,4,7-13H2,1H3,(H,20,24);1H. The minimum absolute atomic E-state index is 0. The van der Waals surface area contributed by atoms with Gasteiger partial charge in [-0.1, -0.05) is 17.3 Å². The van der Waals surface area contributed by atoms with Gasteiger partial charge in [-0.25, -0.2) is 0 Å². The van der Waals surface area contributed by atoms with E-state index in [1.54, 1.807) is 6.92 Å². The van der Waals surface area contributed by atoms with Crippen LogP contribution in [0.4, 0.5) is 0 Å². The van der Waals surface area contributed by atoms with Crippen LogP contribution in [0.1, 0.15) is 28.5 Å². The third-order valence-corrected chi connectivity index (χ3v) is 5.26. The summed E-state index contributed by atoms with van der Waals surface area (Å²) in [6, 6.07) is 7.62. The molecule has 2 heterocycles. The highest BCUT2D eigenvalue weighted by Gasteiger charge is 2.13. The average Bonchev–Trinajstić information content (AvgIpc) is 3.10. The van der Waals surface area contributed by atoms with Gasteiger partial charge in [-0.15, -0.1) is 24.2 Å². The van der Waals surface area contributed by atoms with Crippen molar-refractivity contribution in [2.75, 3.05) is 39.3 Å². The van der Waals surface area contributed by atoms with Gasteiger partial charge in [0.2, 0.25) is 5.89 Å². The molecule has 0 saturated carbocycles. The number of nitrogens with one attached hydrogen (secondary N) is 2. The fraction of sp³-hybridized carbons (Fsp3) is 0.500. The number of carbonyl (C=O) groups excluding carboxylic acids is 1. The number of carbonyl (C=O) groups is 1. The van der Waals surface area contributed by atoms with Crippen LogP contribution in [0.15, 0.2) is 33.7 Å². The molecule has 2 aromatic rings. The van der Waals surface area contributed by atoms with Gasteiger partial charge in [0.05, 0.1) is 11.3 Å².